The number of methoxy groups -OCH3 is 1. The second-order valence-electron chi connectivity index (χ2n) is 4.98. The summed E-state index contributed by atoms with van der Waals surface area (Å²) >= 11 is 1.61. The first kappa shape index (κ1) is 15.9. The number of thiazole rings is 1. The second-order valence-corrected chi connectivity index (χ2v) is 6.10. The highest BCUT2D eigenvalue weighted by Crippen LogP contribution is 2.26. The Balaban J connectivity index is 1.71. The number of nitrogens with one attached hydrogen (secondary N) is 1. The Morgan fingerprint density at radius 2 is 2.04 bits per heavy atom. The van der Waals surface area contributed by atoms with E-state index in [9.17, 15) is 4.79 Å². The maximum Gasteiger partial charge on any atom is 0.254 e. The highest BCUT2D eigenvalue weighted by Gasteiger charge is 2.12. The molecule has 1 aromatic carbocycles. The molecule has 0 atom stereocenters. The molecule has 3 rings (SSSR count). The number of nitrogens with zero attached hydrogens (tertiary/aromatic N) is 2. The summed E-state index contributed by atoms with van der Waals surface area (Å²) in [5, 5.41) is 4.13. The molecule has 0 saturated carbocycles. The van der Waals surface area contributed by atoms with Crippen LogP contribution in [0.15, 0.2) is 48.8 Å². The summed E-state index contributed by atoms with van der Waals surface area (Å²) in [5.41, 5.74) is 7.40. The number of pyridine rings is 1. The lowest BCUT2D eigenvalue weighted by molar-refractivity contribution is 0.0996. The highest BCUT2D eigenvalue weighted by atomic mass is 32.1. The predicted octanol–water partition coefficient (Wildman–Crippen LogP) is 2.92. The smallest absolute Gasteiger partial charge is 0.254 e. The number of amides is 1. The van der Waals surface area contributed by atoms with Crippen molar-refractivity contribution in [3.05, 3.63) is 59.4 Å². The van der Waals surface area contributed by atoms with Gasteiger partial charge in [0, 0.05) is 6.20 Å². The van der Waals surface area contributed by atoms with Crippen LogP contribution in [0.3, 0.4) is 0 Å². The standard InChI is InChI=1S/C17H16N4O2S/c1-23-17-13(16(18)22)7-12(8-21-17)19-10-15-20-9-14(24-15)11-5-3-2-4-6-11/h2-9,19H,10H2,1H3,(H2,18,22). The lowest BCUT2D eigenvalue weighted by Crippen LogP contribution is -2.14. The number of anilines is 1. The largest absolute Gasteiger partial charge is 0.480 e. The quantitative estimate of drug-likeness (QED) is 0.720. The fourth-order valence-electron chi connectivity index (χ4n) is 2.19. The minimum absolute atomic E-state index is 0.216. The number of carbonyl (C=O) groups excluding carboxylic acids is 1. The molecule has 0 unspecified atom stereocenters. The molecule has 1 amide bonds. The molecule has 3 aromatic rings. The Morgan fingerprint density at radius 3 is 2.75 bits per heavy atom. The van der Waals surface area contributed by atoms with Gasteiger partial charge in [0.1, 0.15) is 10.6 Å². The monoisotopic (exact) mass is 340 g/mol. The van der Waals surface area contributed by atoms with Crippen molar-refractivity contribution in [2.75, 3.05) is 12.4 Å². The first-order valence-corrected chi connectivity index (χ1v) is 8.07. The number of primary amides is 1. The first-order valence-electron chi connectivity index (χ1n) is 7.25. The Morgan fingerprint density at radius 1 is 1.25 bits per heavy atom. The van der Waals surface area contributed by atoms with Crippen LogP contribution < -0.4 is 15.8 Å². The molecule has 122 valence electrons. The van der Waals surface area contributed by atoms with Crippen LogP contribution >= 0.6 is 11.3 Å². The molecule has 3 N–H and O–H groups in total. The Hall–Kier alpha value is -2.93. The zero-order valence-corrected chi connectivity index (χ0v) is 13.8. The van der Waals surface area contributed by atoms with E-state index in [0.29, 0.717) is 12.2 Å². The van der Waals surface area contributed by atoms with Crippen molar-refractivity contribution in [1.29, 1.82) is 0 Å². The Bertz CT molecular complexity index is 849. The van der Waals surface area contributed by atoms with Crippen LogP contribution in [0.25, 0.3) is 10.4 Å². The van der Waals surface area contributed by atoms with Gasteiger partial charge in [-0.2, -0.15) is 0 Å². The van der Waals surface area contributed by atoms with Crippen molar-refractivity contribution in [2.45, 2.75) is 6.54 Å². The lowest BCUT2D eigenvalue weighted by Gasteiger charge is -2.08. The zero-order chi connectivity index (χ0) is 16.9. The van der Waals surface area contributed by atoms with Gasteiger partial charge in [-0.05, 0) is 11.6 Å². The van der Waals surface area contributed by atoms with Crippen molar-refractivity contribution in [2.24, 2.45) is 5.73 Å². The summed E-state index contributed by atoms with van der Waals surface area (Å²) in [6.45, 7) is 0.531. The molecular formula is C17H16N4O2S. The van der Waals surface area contributed by atoms with Gasteiger partial charge in [0.05, 0.1) is 30.4 Å². The number of rotatable bonds is 6. The topological polar surface area (TPSA) is 90.1 Å². The van der Waals surface area contributed by atoms with E-state index >= 15 is 0 Å². The van der Waals surface area contributed by atoms with Crippen molar-refractivity contribution in [1.82, 2.24) is 9.97 Å². The molecule has 2 heterocycles. The summed E-state index contributed by atoms with van der Waals surface area (Å²) < 4.78 is 5.03. The average Bonchev–Trinajstić information content (AvgIpc) is 3.09. The number of hydrogen-bond acceptors (Lipinski definition) is 6. The molecule has 7 heteroatoms. The molecule has 0 fully saturated rings. The van der Waals surface area contributed by atoms with E-state index in [0.717, 1.165) is 15.4 Å². The van der Waals surface area contributed by atoms with Crippen LogP contribution in [0.1, 0.15) is 15.4 Å². The summed E-state index contributed by atoms with van der Waals surface area (Å²) in [4.78, 5) is 21.0. The third-order valence-corrected chi connectivity index (χ3v) is 4.41. The number of ether oxygens (including phenoxy) is 1. The Labute approximate surface area is 143 Å². The highest BCUT2D eigenvalue weighted by molar-refractivity contribution is 7.15. The van der Waals surface area contributed by atoms with E-state index < -0.39 is 5.91 Å². The molecule has 0 aliphatic carbocycles. The van der Waals surface area contributed by atoms with E-state index in [1.807, 2.05) is 24.4 Å². The molecular weight excluding hydrogens is 324 g/mol. The van der Waals surface area contributed by atoms with Gasteiger partial charge in [-0.25, -0.2) is 9.97 Å². The molecule has 6 nitrogen and oxygen atoms in total. The Kier molecular flexibility index (Phi) is 4.72. The second kappa shape index (κ2) is 7.10. The van der Waals surface area contributed by atoms with Crippen molar-refractivity contribution in [3.63, 3.8) is 0 Å². The zero-order valence-electron chi connectivity index (χ0n) is 13.0. The van der Waals surface area contributed by atoms with Crippen LogP contribution in [0.4, 0.5) is 5.69 Å². The summed E-state index contributed by atoms with van der Waals surface area (Å²) in [7, 11) is 1.45. The summed E-state index contributed by atoms with van der Waals surface area (Å²) in [6, 6.07) is 11.7. The van der Waals surface area contributed by atoms with Crippen molar-refractivity contribution >= 4 is 22.9 Å². The molecule has 0 bridgehead atoms. The van der Waals surface area contributed by atoms with Gasteiger partial charge in [-0.1, -0.05) is 30.3 Å². The molecule has 0 saturated heterocycles. The fourth-order valence-corrected chi connectivity index (χ4v) is 3.06. The number of carbonyl (C=O) groups is 1. The predicted molar refractivity (Wildman–Crippen MR) is 94.2 cm³/mol. The third-order valence-electron chi connectivity index (χ3n) is 3.37. The molecule has 0 aliphatic rings. The van der Waals surface area contributed by atoms with Crippen LogP contribution in [-0.4, -0.2) is 23.0 Å². The number of hydrogen-bond donors (Lipinski definition) is 2. The molecule has 24 heavy (non-hydrogen) atoms. The van der Waals surface area contributed by atoms with Crippen LogP contribution in [0.5, 0.6) is 5.88 Å². The third kappa shape index (κ3) is 3.52. The van der Waals surface area contributed by atoms with Gasteiger partial charge >= 0.3 is 0 Å². The van der Waals surface area contributed by atoms with Gasteiger partial charge < -0.3 is 15.8 Å². The molecule has 0 aliphatic heterocycles. The SMILES string of the molecule is COc1ncc(NCc2ncc(-c3ccccc3)s2)cc1C(N)=O. The normalized spacial score (nSPS) is 10.4. The van der Waals surface area contributed by atoms with E-state index in [4.69, 9.17) is 10.5 Å². The molecule has 0 spiro atoms. The van der Waals surface area contributed by atoms with Crippen LogP contribution in [0.2, 0.25) is 0 Å². The summed E-state index contributed by atoms with van der Waals surface area (Å²) in [5.74, 6) is -0.364. The molecule has 2 aromatic heterocycles. The lowest BCUT2D eigenvalue weighted by atomic mass is 10.2. The summed E-state index contributed by atoms with van der Waals surface area (Å²) in [6.07, 6.45) is 3.45. The van der Waals surface area contributed by atoms with E-state index in [-0.39, 0.29) is 11.4 Å². The van der Waals surface area contributed by atoms with Gasteiger partial charge in [0.2, 0.25) is 5.88 Å². The van der Waals surface area contributed by atoms with Gasteiger partial charge in [0.15, 0.2) is 0 Å². The van der Waals surface area contributed by atoms with Crippen LogP contribution in [0, 0.1) is 0 Å². The average molecular weight is 340 g/mol. The number of aromatic nitrogens is 2. The number of nitrogens with two attached hydrogens (primary N) is 1. The maximum atomic E-state index is 11.4. The van der Waals surface area contributed by atoms with E-state index in [1.54, 1.807) is 23.6 Å². The van der Waals surface area contributed by atoms with Crippen LogP contribution in [-0.2, 0) is 6.54 Å². The molecule has 0 radical (unpaired) electrons. The van der Waals surface area contributed by atoms with Gasteiger partial charge in [0.25, 0.3) is 5.91 Å². The van der Waals surface area contributed by atoms with E-state index in [1.165, 1.54) is 7.11 Å². The minimum Gasteiger partial charge on any atom is -0.480 e. The fraction of sp³-hybridized carbons (Fsp3) is 0.118. The first-order chi connectivity index (χ1) is 11.7. The number of benzene rings is 1. The van der Waals surface area contributed by atoms with Crippen molar-refractivity contribution in [3.8, 4) is 16.3 Å². The van der Waals surface area contributed by atoms with Gasteiger partial charge in [-0.15, -0.1) is 11.3 Å². The van der Waals surface area contributed by atoms with E-state index in [2.05, 4.69) is 27.4 Å². The maximum absolute atomic E-state index is 11.4. The minimum atomic E-state index is -0.580. The van der Waals surface area contributed by atoms with Gasteiger partial charge in [-0.3, -0.25) is 4.79 Å². The van der Waals surface area contributed by atoms with Crippen molar-refractivity contribution < 1.29 is 9.53 Å².